The normalized spacial score (nSPS) is 11.2. The topological polar surface area (TPSA) is 92.2 Å². The summed E-state index contributed by atoms with van der Waals surface area (Å²) >= 11 is 0. The molecule has 300 valence electrons. The number of hydrogen-bond acceptors (Lipinski definition) is 8. The fourth-order valence-electron chi connectivity index (χ4n) is 5.11. The monoisotopic (exact) mass is 791 g/mol. The van der Waals surface area contributed by atoms with E-state index in [0.717, 1.165) is 27.8 Å². The third kappa shape index (κ3) is 14.2. The van der Waals surface area contributed by atoms with E-state index < -0.39 is 15.5 Å². The van der Waals surface area contributed by atoms with Crippen LogP contribution in [0.25, 0.3) is 0 Å². The summed E-state index contributed by atoms with van der Waals surface area (Å²) in [5.74, 6) is 2.47. The van der Waals surface area contributed by atoms with Crippen LogP contribution in [-0.4, -0.2) is 30.5 Å². The third-order valence-electron chi connectivity index (χ3n) is 9.45. The van der Waals surface area contributed by atoms with Crippen LogP contribution in [0, 0.1) is 0 Å². The van der Waals surface area contributed by atoms with Crippen LogP contribution in [0.3, 0.4) is 0 Å². The number of alkyl halides is 1. The molecule has 8 nitrogen and oxygen atoms in total. The van der Waals surface area contributed by atoms with Crippen molar-refractivity contribution in [3.63, 3.8) is 0 Å². The average molecular weight is 792 g/mol. The Morgan fingerprint density at radius 1 is 0.526 bits per heavy atom. The molecule has 10 heteroatoms. The molecule has 1 N–H and O–H groups in total. The summed E-state index contributed by atoms with van der Waals surface area (Å²) in [4.78, 5) is 8.53. The molecular weight excluding hydrogens is 736 g/mol. The number of benzene rings is 4. The van der Waals surface area contributed by atoms with Crippen molar-refractivity contribution in [2.45, 2.75) is 78.5 Å². The molecule has 0 aliphatic carbocycles. The first-order valence-electron chi connectivity index (χ1n) is 19.5. The predicted octanol–water partition coefficient (Wildman–Crippen LogP) is 11.1. The predicted molar refractivity (Wildman–Crippen MR) is 227 cm³/mol. The number of pyridine rings is 2. The number of aliphatic hydroxyl groups is 1. The Kier molecular flexibility index (Phi) is 17.1. The quantitative estimate of drug-likeness (QED) is 0.0969. The number of halogens is 1. The van der Waals surface area contributed by atoms with Gasteiger partial charge in [0.25, 0.3) is 0 Å². The van der Waals surface area contributed by atoms with Crippen molar-refractivity contribution >= 4 is 8.32 Å². The van der Waals surface area contributed by atoms with Crippen LogP contribution in [-0.2, 0) is 44.1 Å². The van der Waals surface area contributed by atoms with Gasteiger partial charge < -0.3 is 28.5 Å². The van der Waals surface area contributed by atoms with Gasteiger partial charge in [-0.2, -0.15) is 0 Å². The zero-order chi connectivity index (χ0) is 41.6. The van der Waals surface area contributed by atoms with E-state index in [0.29, 0.717) is 61.6 Å². The van der Waals surface area contributed by atoms with Crippen molar-refractivity contribution in [3.8, 4) is 23.0 Å². The number of aliphatic hydroxyl groups excluding tert-OH is 1. The van der Waals surface area contributed by atoms with Crippen molar-refractivity contribution in [1.29, 1.82) is 0 Å². The first-order chi connectivity index (χ1) is 28.0. The highest BCUT2D eigenvalue weighted by Crippen LogP contribution is 2.39. The Labute approximate surface area is 339 Å². The second kappa shape index (κ2) is 22.9. The van der Waals surface area contributed by atoms with Gasteiger partial charge in [-0.1, -0.05) is 142 Å². The highest BCUT2D eigenvalue weighted by molar-refractivity contribution is 6.74. The molecule has 4 aromatic carbocycles. The molecule has 0 unspecified atom stereocenters. The van der Waals surface area contributed by atoms with Gasteiger partial charge in [-0.15, -0.1) is 0 Å². The summed E-state index contributed by atoms with van der Waals surface area (Å²) in [6.45, 7) is 13.3. The Morgan fingerprint density at radius 2 is 0.807 bits per heavy atom. The van der Waals surface area contributed by atoms with Gasteiger partial charge in [0.15, 0.2) is 8.32 Å². The molecule has 0 spiro atoms. The van der Waals surface area contributed by atoms with E-state index >= 15 is 0 Å². The zero-order valence-electron chi connectivity index (χ0n) is 34.6. The number of nitrogens with zero attached hydrogens (tertiary/aromatic N) is 2. The summed E-state index contributed by atoms with van der Waals surface area (Å²) in [5.41, 5.74) is 5.83. The molecule has 0 atom stereocenters. The van der Waals surface area contributed by atoms with Crippen LogP contribution in [0.15, 0.2) is 146 Å². The Hall–Kier alpha value is -5.55. The SMILES string of the molecule is CC(C)(C)[Si](C)(C)OCc1c(OCc2ccccc2)cncc1OCc1ccccc1.OCc1c(OCc2ccccc2)cncc1OCc1ccccc1.[2H]CF. The summed E-state index contributed by atoms with van der Waals surface area (Å²) in [6.07, 6.45) is 6.71. The van der Waals surface area contributed by atoms with Gasteiger partial charge in [0.05, 0.1) is 57.7 Å². The fourth-order valence-corrected chi connectivity index (χ4v) is 6.04. The maximum atomic E-state index is 9.96. The highest BCUT2D eigenvalue weighted by atomic mass is 28.4. The number of ether oxygens (including phenoxy) is 4. The summed E-state index contributed by atoms with van der Waals surface area (Å²) < 4.78 is 45.9. The van der Waals surface area contributed by atoms with Gasteiger partial charge in [-0.25, -0.2) is 0 Å². The fraction of sp³-hybridized carbons (Fsp3) is 0.277. The molecule has 0 saturated carbocycles. The van der Waals surface area contributed by atoms with Gasteiger partial charge in [-0.05, 0) is 40.4 Å². The van der Waals surface area contributed by atoms with E-state index in [1.807, 2.05) is 97.1 Å². The number of aromatic nitrogens is 2. The zero-order valence-corrected chi connectivity index (χ0v) is 34.6. The molecule has 2 heterocycles. The standard InChI is InChI=1S/C26H33NO3Si.C20H19NO3.CH3F/c1-26(2,3)31(4,5)30-20-23-24(28-18-21-12-8-6-9-13-21)16-27-17-25(23)29-19-22-14-10-7-11-15-22;22-13-18-19(23-14-16-7-3-1-4-8-16)11-21-12-20(18)24-15-17-9-5-2-6-10-17;1-2/h6-17H,18-20H2,1-5H3;1-12,22H,13-15H2;1H3/i;;1D. The van der Waals surface area contributed by atoms with Crippen molar-refractivity contribution in [3.05, 3.63) is 179 Å². The van der Waals surface area contributed by atoms with E-state index in [1.165, 1.54) is 0 Å². The number of hydrogen-bond donors (Lipinski definition) is 1. The summed E-state index contributed by atoms with van der Waals surface area (Å²) in [5, 5.41) is 9.83. The van der Waals surface area contributed by atoms with Crippen LogP contribution in [0.5, 0.6) is 23.0 Å². The lowest BCUT2D eigenvalue weighted by molar-refractivity contribution is 0.239. The maximum absolute atomic E-state index is 9.96. The van der Waals surface area contributed by atoms with Crippen molar-refractivity contribution in [2.75, 3.05) is 7.15 Å². The van der Waals surface area contributed by atoms with Gasteiger partial charge in [0.2, 0.25) is 0 Å². The first-order valence-corrected chi connectivity index (χ1v) is 21.7. The van der Waals surface area contributed by atoms with Crippen LogP contribution in [0.4, 0.5) is 4.39 Å². The second-order valence-corrected chi connectivity index (χ2v) is 19.3. The molecule has 0 amide bonds. The van der Waals surface area contributed by atoms with Gasteiger partial charge >= 0.3 is 0 Å². The Morgan fingerprint density at radius 3 is 1.07 bits per heavy atom. The second-order valence-electron chi connectivity index (χ2n) is 14.5. The lowest BCUT2D eigenvalue weighted by atomic mass is 10.2. The first kappa shape index (κ1) is 42.6. The van der Waals surface area contributed by atoms with E-state index in [2.05, 4.69) is 68.1 Å². The van der Waals surface area contributed by atoms with Crippen LogP contribution in [0.1, 0.15) is 55.5 Å². The molecule has 0 aliphatic heterocycles. The molecule has 0 bridgehead atoms. The van der Waals surface area contributed by atoms with Crippen molar-refractivity contribution in [1.82, 2.24) is 9.97 Å². The molecule has 0 saturated heterocycles. The molecule has 0 fully saturated rings. The summed E-state index contributed by atoms with van der Waals surface area (Å²) in [7, 11) is -2.94. The average Bonchev–Trinajstić information content (AvgIpc) is 3.24. The minimum atomic E-state index is -1.94. The molecule has 57 heavy (non-hydrogen) atoms. The molecule has 0 aliphatic rings. The van der Waals surface area contributed by atoms with Gasteiger partial charge in [-0.3, -0.25) is 14.4 Å². The van der Waals surface area contributed by atoms with Crippen LogP contribution in [0.2, 0.25) is 18.1 Å². The maximum Gasteiger partial charge on any atom is 0.192 e. The Bertz CT molecular complexity index is 1920. The van der Waals surface area contributed by atoms with Crippen LogP contribution < -0.4 is 18.9 Å². The minimum absolute atomic E-state index is 0.121. The van der Waals surface area contributed by atoms with Gasteiger partial charge in [0, 0.05) is 0 Å². The third-order valence-corrected chi connectivity index (χ3v) is 13.9. The molecule has 2 aromatic heterocycles. The van der Waals surface area contributed by atoms with Crippen molar-refractivity contribution in [2.24, 2.45) is 0 Å². The molecule has 6 aromatic rings. The lowest BCUT2D eigenvalue weighted by Crippen LogP contribution is -2.40. The van der Waals surface area contributed by atoms with Crippen LogP contribution >= 0.6 is 0 Å². The molecule has 6 rings (SSSR count). The minimum Gasteiger partial charge on any atom is -0.487 e. The molecular formula is C47H55FN2O6Si. The molecule has 0 radical (unpaired) electrons. The lowest BCUT2D eigenvalue weighted by Gasteiger charge is -2.36. The van der Waals surface area contributed by atoms with E-state index in [1.54, 1.807) is 24.8 Å². The smallest absolute Gasteiger partial charge is 0.192 e. The van der Waals surface area contributed by atoms with E-state index in [-0.39, 0.29) is 11.6 Å². The Balaban J connectivity index is 0.000000247. The van der Waals surface area contributed by atoms with Gasteiger partial charge in [0.1, 0.15) is 49.4 Å². The van der Waals surface area contributed by atoms with E-state index in [4.69, 9.17) is 24.7 Å². The highest BCUT2D eigenvalue weighted by Gasteiger charge is 2.37. The number of rotatable bonds is 16. The van der Waals surface area contributed by atoms with E-state index in [9.17, 15) is 9.50 Å². The summed E-state index contributed by atoms with van der Waals surface area (Å²) in [6, 6.07) is 40.0. The van der Waals surface area contributed by atoms with Crippen molar-refractivity contribution < 1.29 is 34.2 Å². The largest absolute Gasteiger partial charge is 0.487 e.